The van der Waals surface area contributed by atoms with Gasteiger partial charge in [0.1, 0.15) is 5.75 Å². The normalized spacial score (nSPS) is 9.71. The highest BCUT2D eigenvalue weighted by molar-refractivity contribution is 5.63. The molecule has 4 heteroatoms. The lowest BCUT2D eigenvalue weighted by Crippen LogP contribution is -2.07. The average Bonchev–Trinajstić information content (AvgIpc) is 2.41. The lowest BCUT2D eigenvalue weighted by atomic mass is 10.2. The van der Waals surface area contributed by atoms with Gasteiger partial charge in [-0.2, -0.15) is 5.01 Å². The summed E-state index contributed by atoms with van der Waals surface area (Å²) in [6.07, 6.45) is 0. The molecule has 0 fully saturated rings. The Morgan fingerprint density at radius 1 is 1.00 bits per heavy atom. The first-order valence-electron chi connectivity index (χ1n) is 5.17. The fourth-order valence-electron chi connectivity index (χ4n) is 1.55. The summed E-state index contributed by atoms with van der Waals surface area (Å²) in [5, 5.41) is 4.35. The Hall–Kier alpha value is -2.36. The second-order valence-electron chi connectivity index (χ2n) is 3.43. The van der Waals surface area contributed by atoms with Gasteiger partial charge in [-0.05, 0) is 24.3 Å². The van der Waals surface area contributed by atoms with E-state index in [9.17, 15) is 4.91 Å². The predicted octanol–water partition coefficient (Wildman–Crippen LogP) is 3.51. The number of methoxy groups -OCH3 is 1. The van der Waals surface area contributed by atoms with Gasteiger partial charge in [-0.1, -0.05) is 24.3 Å². The van der Waals surface area contributed by atoms with Gasteiger partial charge in [0, 0.05) is 6.07 Å². The second-order valence-corrected chi connectivity index (χ2v) is 3.43. The Kier molecular flexibility index (Phi) is 3.35. The van der Waals surface area contributed by atoms with E-state index in [0.29, 0.717) is 11.4 Å². The molecule has 17 heavy (non-hydrogen) atoms. The van der Waals surface area contributed by atoms with Crippen molar-refractivity contribution in [1.82, 2.24) is 0 Å². The Morgan fingerprint density at radius 2 is 1.71 bits per heavy atom. The highest BCUT2D eigenvalue weighted by Gasteiger charge is 2.09. The third kappa shape index (κ3) is 2.42. The minimum atomic E-state index is 0.672. The molecule has 2 rings (SSSR count). The molecule has 0 bridgehead atoms. The van der Waals surface area contributed by atoms with Crippen molar-refractivity contribution in [3.05, 3.63) is 59.5 Å². The molecule has 0 aromatic heterocycles. The van der Waals surface area contributed by atoms with E-state index in [1.807, 2.05) is 42.5 Å². The van der Waals surface area contributed by atoms with Gasteiger partial charge >= 0.3 is 0 Å². The number of nitroso groups, excluding NO2 is 1. The topological polar surface area (TPSA) is 41.9 Å². The molecular formula is C13H12N2O2. The standard InChI is InChI=1S/C13H12N2O2/c1-17-13-9-5-8-12(10-13)15(14-16)11-6-3-2-4-7-11/h2-10H,1H3. The monoisotopic (exact) mass is 228 g/mol. The number of para-hydroxylation sites is 1. The van der Waals surface area contributed by atoms with Crippen molar-refractivity contribution in [3.63, 3.8) is 0 Å². The smallest absolute Gasteiger partial charge is 0.121 e. The van der Waals surface area contributed by atoms with Crippen LogP contribution in [-0.2, 0) is 0 Å². The van der Waals surface area contributed by atoms with Crippen LogP contribution in [0.25, 0.3) is 0 Å². The number of hydrogen-bond donors (Lipinski definition) is 0. The van der Waals surface area contributed by atoms with Gasteiger partial charge in [-0.25, -0.2) is 0 Å². The van der Waals surface area contributed by atoms with Crippen LogP contribution in [0.5, 0.6) is 5.75 Å². The summed E-state index contributed by atoms with van der Waals surface area (Å²) in [5.41, 5.74) is 1.39. The molecule has 0 heterocycles. The maximum absolute atomic E-state index is 10.9. The Labute approximate surface area is 99.4 Å². The summed E-state index contributed by atoms with van der Waals surface area (Å²) >= 11 is 0. The van der Waals surface area contributed by atoms with Gasteiger partial charge < -0.3 is 4.74 Å². The number of benzene rings is 2. The van der Waals surface area contributed by atoms with Crippen molar-refractivity contribution >= 4 is 11.4 Å². The summed E-state index contributed by atoms with van der Waals surface area (Å²) in [6, 6.07) is 16.4. The zero-order valence-corrected chi connectivity index (χ0v) is 9.41. The fraction of sp³-hybridized carbons (Fsp3) is 0.0769. The average molecular weight is 228 g/mol. The van der Waals surface area contributed by atoms with Gasteiger partial charge in [-0.3, -0.25) is 0 Å². The van der Waals surface area contributed by atoms with E-state index in [1.165, 1.54) is 5.01 Å². The maximum atomic E-state index is 10.9. The number of rotatable bonds is 4. The van der Waals surface area contributed by atoms with Crippen molar-refractivity contribution in [2.45, 2.75) is 0 Å². The third-order valence-corrected chi connectivity index (χ3v) is 2.38. The van der Waals surface area contributed by atoms with Gasteiger partial charge in [-0.15, -0.1) is 4.91 Å². The molecule has 4 nitrogen and oxygen atoms in total. The van der Waals surface area contributed by atoms with Crippen LogP contribution in [-0.4, -0.2) is 7.11 Å². The molecule has 0 aliphatic carbocycles. The quantitative estimate of drug-likeness (QED) is 0.594. The molecule has 0 aliphatic rings. The van der Waals surface area contributed by atoms with Crippen LogP contribution >= 0.6 is 0 Å². The zero-order valence-electron chi connectivity index (χ0n) is 9.41. The maximum Gasteiger partial charge on any atom is 0.121 e. The van der Waals surface area contributed by atoms with Crippen molar-refractivity contribution in [3.8, 4) is 5.75 Å². The van der Waals surface area contributed by atoms with E-state index in [4.69, 9.17) is 4.74 Å². The summed E-state index contributed by atoms with van der Waals surface area (Å²) in [4.78, 5) is 10.9. The molecule has 86 valence electrons. The van der Waals surface area contributed by atoms with Crippen LogP contribution in [0.2, 0.25) is 0 Å². The van der Waals surface area contributed by atoms with E-state index < -0.39 is 0 Å². The zero-order chi connectivity index (χ0) is 12.1. The van der Waals surface area contributed by atoms with Crippen molar-refractivity contribution in [2.75, 3.05) is 12.1 Å². The van der Waals surface area contributed by atoms with E-state index in [-0.39, 0.29) is 0 Å². The molecule has 2 aromatic carbocycles. The highest BCUT2D eigenvalue weighted by atomic mass is 16.5. The molecule has 0 N–H and O–H groups in total. The minimum Gasteiger partial charge on any atom is -0.497 e. The molecule has 0 radical (unpaired) electrons. The Morgan fingerprint density at radius 3 is 2.35 bits per heavy atom. The molecular weight excluding hydrogens is 216 g/mol. The third-order valence-electron chi connectivity index (χ3n) is 2.38. The minimum absolute atomic E-state index is 0.672. The molecule has 0 amide bonds. The summed E-state index contributed by atoms with van der Waals surface area (Å²) < 4.78 is 5.12. The van der Waals surface area contributed by atoms with Crippen LogP contribution in [0.3, 0.4) is 0 Å². The van der Waals surface area contributed by atoms with Gasteiger partial charge in [0.25, 0.3) is 0 Å². The van der Waals surface area contributed by atoms with Gasteiger partial charge in [0.2, 0.25) is 0 Å². The number of hydrogen-bond acceptors (Lipinski definition) is 3. The molecule has 0 saturated carbocycles. The van der Waals surface area contributed by atoms with Gasteiger partial charge in [0.05, 0.1) is 23.8 Å². The fourth-order valence-corrected chi connectivity index (χ4v) is 1.55. The van der Waals surface area contributed by atoms with Crippen molar-refractivity contribution < 1.29 is 4.74 Å². The second kappa shape index (κ2) is 5.12. The molecule has 0 atom stereocenters. The van der Waals surface area contributed by atoms with Crippen molar-refractivity contribution in [1.29, 1.82) is 0 Å². The molecule has 0 saturated heterocycles. The number of nitrogens with zero attached hydrogens (tertiary/aromatic N) is 2. The number of anilines is 2. The van der Waals surface area contributed by atoms with Crippen LogP contribution < -0.4 is 9.75 Å². The van der Waals surface area contributed by atoms with E-state index >= 15 is 0 Å². The largest absolute Gasteiger partial charge is 0.497 e. The first kappa shape index (κ1) is 11.1. The highest BCUT2D eigenvalue weighted by Crippen LogP contribution is 2.28. The lowest BCUT2D eigenvalue weighted by molar-refractivity contribution is 0.415. The summed E-state index contributed by atoms with van der Waals surface area (Å²) in [5.74, 6) is 0.687. The van der Waals surface area contributed by atoms with Crippen LogP contribution in [0.15, 0.2) is 59.9 Å². The summed E-state index contributed by atoms with van der Waals surface area (Å²) in [7, 11) is 1.58. The SMILES string of the molecule is COc1cccc(N(N=O)c2ccccc2)c1. The van der Waals surface area contributed by atoms with Crippen LogP contribution in [0.1, 0.15) is 0 Å². The molecule has 0 spiro atoms. The molecule has 0 unspecified atom stereocenters. The Balaban J connectivity index is 2.38. The van der Waals surface area contributed by atoms with E-state index in [2.05, 4.69) is 5.29 Å². The van der Waals surface area contributed by atoms with E-state index in [1.54, 1.807) is 19.2 Å². The molecule has 0 aliphatic heterocycles. The summed E-state index contributed by atoms with van der Waals surface area (Å²) in [6.45, 7) is 0. The first-order chi connectivity index (χ1) is 8.35. The van der Waals surface area contributed by atoms with E-state index in [0.717, 1.165) is 5.69 Å². The number of ether oxygens (including phenoxy) is 1. The molecule has 2 aromatic rings. The first-order valence-corrected chi connectivity index (χ1v) is 5.17. The van der Waals surface area contributed by atoms with Crippen LogP contribution in [0.4, 0.5) is 11.4 Å². The Bertz CT molecular complexity index is 500. The lowest BCUT2D eigenvalue weighted by Gasteiger charge is -2.15. The van der Waals surface area contributed by atoms with Gasteiger partial charge in [0.15, 0.2) is 0 Å². The van der Waals surface area contributed by atoms with Crippen LogP contribution in [0, 0.1) is 4.91 Å². The van der Waals surface area contributed by atoms with Crippen molar-refractivity contribution in [2.24, 2.45) is 5.29 Å². The predicted molar refractivity (Wildman–Crippen MR) is 67.4 cm³/mol.